The number of methoxy groups -OCH3 is 1. The maximum Gasteiger partial charge on any atom is 0.331 e. The molecular formula is C18H23ClN2O6. The van der Waals surface area contributed by atoms with Gasteiger partial charge in [0.2, 0.25) is 5.91 Å². The lowest BCUT2D eigenvalue weighted by Crippen LogP contribution is -2.37. The number of ether oxygens (including phenoxy) is 3. The lowest BCUT2D eigenvalue weighted by atomic mass is 10.2. The number of nitrogens with one attached hydrogen (secondary N) is 2. The Labute approximate surface area is 162 Å². The SMILES string of the molecule is CNC(=O)CNC(=O)COC(=O)/C=C/c1cc(Cl)c(OC(C)C)c(OC)c1. The van der Waals surface area contributed by atoms with Crippen LogP contribution in [0.5, 0.6) is 11.5 Å². The van der Waals surface area contributed by atoms with Crippen molar-refractivity contribution < 1.29 is 28.6 Å². The van der Waals surface area contributed by atoms with Crippen LogP contribution < -0.4 is 20.1 Å². The van der Waals surface area contributed by atoms with Crippen LogP contribution in [0.15, 0.2) is 18.2 Å². The zero-order chi connectivity index (χ0) is 20.4. The molecule has 9 heteroatoms. The van der Waals surface area contributed by atoms with Gasteiger partial charge >= 0.3 is 5.97 Å². The third kappa shape index (κ3) is 8.00. The fraction of sp³-hybridized carbons (Fsp3) is 0.389. The number of esters is 1. The Morgan fingerprint density at radius 3 is 2.52 bits per heavy atom. The maximum absolute atomic E-state index is 11.7. The first kappa shape index (κ1) is 22.3. The van der Waals surface area contributed by atoms with Crippen LogP contribution in [0, 0.1) is 0 Å². The number of hydrogen-bond donors (Lipinski definition) is 2. The quantitative estimate of drug-likeness (QED) is 0.483. The third-order valence-electron chi connectivity index (χ3n) is 3.09. The Balaban J connectivity index is 2.65. The molecule has 148 valence electrons. The van der Waals surface area contributed by atoms with Crippen molar-refractivity contribution in [2.45, 2.75) is 20.0 Å². The van der Waals surface area contributed by atoms with Crippen molar-refractivity contribution in [3.8, 4) is 11.5 Å². The number of amides is 2. The lowest BCUT2D eigenvalue weighted by molar-refractivity contribution is -0.143. The van der Waals surface area contributed by atoms with Crippen molar-refractivity contribution in [2.24, 2.45) is 0 Å². The highest BCUT2D eigenvalue weighted by molar-refractivity contribution is 6.32. The summed E-state index contributed by atoms with van der Waals surface area (Å²) in [5, 5.41) is 4.99. The third-order valence-corrected chi connectivity index (χ3v) is 3.37. The average Bonchev–Trinajstić information content (AvgIpc) is 2.63. The van der Waals surface area contributed by atoms with Gasteiger partial charge in [-0.25, -0.2) is 4.79 Å². The first-order valence-electron chi connectivity index (χ1n) is 8.13. The van der Waals surface area contributed by atoms with Gasteiger partial charge in [-0.1, -0.05) is 11.6 Å². The van der Waals surface area contributed by atoms with E-state index in [1.54, 1.807) is 12.1 Å². The van der Waals surface area contributed by atoms with Crippen LogP contribution in [-0.2, 0) is 19.1 Å². The first-order chi connectivity index (χ1) is 12.8. The number of carbonyl (C=O) groups is 3. The van der Waals surface area contributed by atoms with E-state index in [1.165, 1.54) is 20.2 Å². The fourth-order valence-electron chi connectivity index (χ4n) is 1.85. The molecule has 0 saturated heterocycles. The summed E-state index contributed by atoms with van der Waals surface area (Å²) in [7, 11) is 2.93. The molecule has 0 aliphatic carbocycles. The van der Waals surface area contributed by atoms with Crippen molar-refractivity contribution in [3.63, 3.8) is 0 Å². The van der Waals surface area contributed by atoms with E-state index in [0.29, 0.717) is 22.1 Å². The summed E-state index contributed by atoms with van der Waals surface area (Å²) < 4.78 is 15.7. The zero-order valence-corrected chi connectivity index (χ0v) is 16.4. The summed E-state index contributed by atoms with van der Waals surface area (Å²) >= 11 is 6.21. The molecule has 8 nitrogen and oxygen atoms in total. The monoisotopic (exact) mass is 398 g/mol. The minimum absolute atomic E-state index is 0.0812. The highest BCUT2D eigenvalue weighted by Gasteiger charge is 2.13. The molecule has 0 saturated carbocycles. The highest BCUT2D eigenvalue weighted by atomic mass is 35.5. The normalized spacial score (nSPS) is 10.6. The Bertz CT molecular complexity index is 718. The van der Waals surface area contributed by atoms with Crippen LogP contribution in [0.3, 0.4) is 0 Å². The van der Waals surface area contributed by atoms with E-state index in [9.17, 15) is 14.4 Å². The van der Waals surface area contributed by atoms with Crippen LogP contribution in [0.4, 0.5) is 0 Å². The van der Waals surface area contributed by atoms with E-state index in [4.69, 9.17) is 25.8 Å². The molecule has 0 fully saturated rings. The van der Waals surface area contributed by atoms with Crippen LogP contribution in [0.2, 0.25) is 5.02 Å². The molecule has 2 N–H and O–H groups in total. The molecule has 0 bridgehead atoms. The Kier molecular flexibility index (Phi) is 9.15. The number of benzene rings is 1. The lowest BCUT2D eigenvalue weighted by Gasteiger charge is -2.15. The van der Waals surface area contributed by atoms with Crippen molar-refractivity contribution in [1.82, 2.24) is 10.6 Å². The highest BCUT2D eigenvalue weighted by Crippen LogP contribution is 2.37. The van der Waals surface area contributed by atoms with E-state index in [-0.39, 0.29) is 18.6 Å². The molecule has 0 unspecified atom stereocenters. The zero-order valence-electron chi connectivity index (χ0n) is 15.6. The molecule has 0 aromatic heterocycles. The molecule has 0 spiro atoms. The van der Waals surface area contributed by atoms with Crippen molar-refractivity contribution >= 4 is 35.5 Å². The molecule has 27 heavy (non-hydrogen) atoms. The molecule has 0 aliphatic rings. The van der Waals surface area contributed by atoms with Gasteiger partial charge in [0.25, 0.3) is 5.91 Å². The molecule has 0 heterocycles. The van der Waals surface area contributed by atoms with Gasteiger partial charge in [0.05, 0.1) is 24.8 Å². The standard InChI is InChI=1S/C18H23ClN2O6/c1-11(2)27-18-13(19)7-12(8-14(18)25-4)5-6-17(24)26-10-16(23)21-9-15(22)20-3/h5-8,11H,9-10H2,1-4H3,(H,20,22)(H,21,23)/b6-5+. The average molecular weight is 399 g/mol. The van der Waals surface area contributed by atoms with E-state index in [2.05, 4.69) is 10.6 Å². The van der Waals surface area contributed by atoms with Gasteiger partial charge in [0.15, 0.2) is 18.1 Å². The summed E-state index contributed by atoms with van der Waals surface area (Å²) in [6.45, 7) is 3.05. The molecule has 0 radical (unpaired) electrons. The van der Waals surface area contributed by atoms with Gasteiger partial charge in [0, 0.05) is 13.1 Å². The second-order valence-corrected chi connectivity index (χ2v) is 6.00. The molecular weight excluding hydrogens is 376 g/mol. The summed E-state index contributed by atoms with van der Waals surface area (Å²) in [5.74, 6) is -0.812. The smallest absolute Gasteiger partial charge is 0.331 e. The van der Waals surface area contributed by atoms with Crippen LogP contribution in [0.25, 0.3) is 6.08 Å². The van der Waals surface area contributed by atoms with Gasteiger partial charge < -0.3 is 24.8 Å². The molecule has 0 atom stereocenters. The molecule has 1 aromatic carbocycles. The number of hydrogen-bond acceptors (Lipinski definition) is 6. The topological polar surface area (TPSA) is 103 Å². The van der Waals surface area contributed by atoms with Crippen LogP contribution in [0.1, 0.15) is 19.4 Å². The second-order valence-electron chi connectivity index (χ2n) is 5.59. The number of carbonyl (C=O) groups excluding carboxylic acids is 3. The molecule has 0 aliphatic heterocycles. The van der Waals surface area contributed by atoms with Crippen molar-refractivity contribution in [2.75, 3.05) is 27.3 Å². The predicted octanol–water partition coefficient (Wildman–Crippen LogP) is 1.55. The fourth-order valence-corrected chi connectivity index (χ4v) is 2.12. The largest absolute Gasteiger partial charge is 0.493 e. The summed E-state index contributed by atoms with van der Waals surface area (Å²) in [4.78, 5) is 34.2. The molecule has 1 aromatic rings. The predicted molar refractivity (Wildman–Crippen MR) is 101 cm³/mol. The van der Waals surface area contributed by atoms with Crippen LogP contribution >= 0.6 is 11.6 Å². The van der Waals surface area contributed by atoms with Crippen LogP contribution in [-0.4, -0.2) is 51.2 Å². The summed E-state index contributed by atoms with van der Waals surface area (Å²) in [6.07, 6.45) is 2.54. The summed E-state index contributed by atoms with van der Waals surface area (Å²) in [5.41, 5.74) is 0.592. The minimum Gasteiger partial charge on any atom is -0.493 e. The Hall–Kier alpha value is -2.74. The number of likely N-dealkylation sites (N-methyl/N-ethyl adjacent to an activating group) is 1. The van der Waals surface area contributed by atoms with Gasteiger partial charge in [-0.05, 0) is 37.6 Å². The minimum atomic E-state index is -0.720. The molecule has 2 amide bonds. The van der Waals surface area contributed by atoms with E-state index in [1.807, 2.05) is 13.8 Å². The Morgan fingerprint density at radius 2 is 1.93 bits per heavy atom. The van der Waals surface area contributed by atoms with E-state index >= 15 is 0 Å². The number of rotatable bonds is 9. The van der Waals surface area contributed by atoms with E-state index < -0.39 is 18.5 Å². The van der Waals surface area contributed by atoms with Gasteiger partial charge in [-0.15, -0.1) is 0 Å². The van der Waals surface area contributed by atoms with Gasteiger partial charge in [0.1, 0.15) is 0 Å². The van der Waals surface area contributed by atoms with E-state index in [0.717, 1.165) is 6.08 Å². The first-order valence-corrected chi connectivity index (χ1v) is 8.51. The van der Waals surface area contributed by atoms with Crippen molar-refractivity contribution in [3.05, 3.63) is 28.8 Å². The summed E-state index contributed by atoms with van der Waals surface area (Å²) in [6, 6.07) is 3.27. The number of halogens is 1. The van der Waals surface area contributed by atoms with Gasteiger partial charge in [-0.2, -0.15) is 0 Å². The second kappa shape index (κ2) is 11.1. The maximum atomic E-state index is 11.7. The van der Waals surface area contributed by atoms with Crippen molar-refractivity contribution in [1.29, 1.82) is 0 Å². The van der Waals surface area contributed by atoms with Gasteiger partial charge in [-0.3, -0.25) is 9.59 Å². The molecule has 1 rings (SSSR count). The Morgan fingerprint density at radius 1 is 1.22 bits per heavy atom.